The second-order valence-corrected chi connectivity index (χ2v) is 8.72. The van der Waals surface area contributed by atoms with Crippen molar-refractivity contribution in [2.24, 2.45) is 0 Å². The number of amides is 1. The molecule has 2 aromatic heterocycles. The zero-order valence-corrected chi connectivity index (χ0v) is 18.9. The molecule has 0 radical (unpaired) electrons. The molecule has 0 aliphatic carbocycles. The second-order valence-electron chi connectivity index (χ2n) is 7.88. The topological polar surface area (TPSA) is 61.0 Å². The fourth-order valence-corrected chi connectivity index (χ4v) is 4.29. The number of halogens is 3. The van der Waals surface area contributed by atoms with Crippen LogP contribution in [0.2, 0.25) is 10.0 Å². The molecule has 0 unspecified atom stereocenters. The number of pyridine rings is 1. The molecule has 5 nitrogen and oxygen atoms in total. The van der Waals surface area contributed by atoms with Crippen LogP contribution >= 0.6 is 23.2 Å². The number of aromatic nitrogens is 2. The number of carbonyl (C=O) groups is 1. The molecule has 0 saturated carbocycles. The van der Waals surface area contributed by atoms with Gasteiger partial charge in [-0.15, -0.1) is 0 Å². The van der Waals surface area contributed by atoms with Gasteiger partial charge in [0.05, 0.1) is 17.3 Å². The lowest BCUT2D eigenvalue weighted by Gasteiger charge is -2.21. The molecule has 0 spiro atoms. The Labute approximate surface area is 199 Å². The maximum Gasteiger partial charge on any atom is 0.251 e. The molecule has 0 fully saturated rings. The largest absolute Gasteiger partial charge is 0.367 e. The quantitative estimate of drug-likeness (QED) is 0.454. The van der Waals surface area contributed by atoms with Gasteiger partial charge in [-0.05, 0) is 46.8 Å². The van der Waals surface area contributed by atoms with Crippen molar-refractivity contribution in [1.82, 2.24) is 20.2 Å². The van der Waals surface area contributed by atoms with E-state index in [4.69, 9.17) is 23.2 Å². The van der Waals surface area contributed by atoms with Crippen LogP contribution < -0.4 is 15.8 Å². The first-order valence-corrected chi connectivity index (χ1v) is 11.1. The van der Waals surface area contributed by atoms with Crippen molar-refractivity contribution in [2.75, 3.05) is 6.54 Å². The summed E-state index contributed by atoms with van der Waals surface area (Å²) in [6.45, 7) is 1.32. The Morgan fingerprint density at radius 2 is 2.03 bits per heavy atom. The zero-order chi connectivity index (χ0) is 22.9. The number of carbonyl (C=O) groups excluding carboxylic acids is 1. The van der Waals surface area contributed by atoms with Crippen molar-refractivity contribution >= 4 is 52.3 Å². The molecule has 1 amide bonds. The van der Waals surface area contributed by atoms with E-state index in [0.29, 0.717) is 38.6 Å². The second kappa shape index (κ2) is 8.89. The van der Waals surface area contributed by atoms with Crippen LogP contribution in [0.1, 0.15) is 21.6 Å². The van der Waals surface area contributed by atoms with E-state index in [1.165, 1.54) is 6.07 Å². The smallest absolute Gasteiger partial charge is 0.251 e. The van der Waals surface area contributed by atoms with Crippen LogP contribution in [0.5, 0.6) is 0 Å². The van der Waals surface area contributed by atoms with Crippen molar-refractivity contribution in [1.29, 1.82) is 0 Å². The number of nitrogens with one attached hydrogen (secondary N) is 2. The summed E-state index contributed by atoms with van der Waals surface area (Å²) in [6.07, 6.45) is 7.39. The van der Waals surface area contributed by atoms with E-state index in [-0.39, 0.29) is 12.5 Å². The van der Waals surface area contributed by atoms with Crippen LogP contribution in [0.25, 0.3) is 23.2 Å². The van der Waals surface area contributed by atoms with Gasteiger partial charge in [0.25, 0.3) is 5.91 Å². The fourth-order valence-electron chi connectivity index (χ4n) is 3.90. The van der Waals surface area contributed by atoms with E-state index in [0.717, 1.165) is 22.7 Å². The molecule has 8 heteroatoms. The van der Waals surface area contributed by atoms with E-state index in [1.807, 2.05) is 24.4 Å². The standard InChI is InChI=1S/C25H19Cl2FN4O/c26-19-2-1-15-4-6-32(13-18(15)7-19)14-20-8-16(3-5-29-20)25(33)31-11-17-9-21-22(27)12-30-24(21)10-23(17)28/h1-5,7-10,12-13,30H,6,11,14H2,(H,31,33). The summed E-state index contributed by atoms with van der Waals surface area (Å²) < 4.78 is 14.4. The summed E-state index contributed by atoms with van der Waals surface area (Å²) in [4.78, 5) is 22.1. The number of rotatable bonds is 5. The lowest BCUT2D eigenvalue weighted by Crippen LogP contribution is -2.35. The van der Waals surface area contributed by atoms with Crippen LogP contribution in [0.3, 0.4) is 0 Å². The van der Waals surface area contributed by atoms with E-state index in [9.17, 15) is 9.18 Å². The number of benzene rings is 2. The van der Waals surface area contributed by atoms with Gasteiger partial charge in [0.15, 0.2) is 0 Å². The summed E-state index contributed by atoms with van der Waals surface area (Å²) in [6, 6.07) is 12.2. The summed E-state index contributed by atoms with van der Waals surface area (Å²) in [7, 11) is 0. The van der Waals surface area contributed by atoms with Gasteiger partial charge in [-0.25, -0.2) is 4.39 Å². The molecule has 0 saturated heterocycles. The highest BCUT2D eigenvalue weighted by molar-refractivity contribution is 6.35. The third kappa shape index (κ3) is 4.58. The number of aromatic amines is 1. The first-order valence-electron chi connectivity index (χ1n) is 10.4. The van der Waals surface area contributed by atoms with E-state index >= 15 is 0 Å². The van der Waals surface area contributed by atoms with Gasteiger partial charge in [0.2, 0.25) is 0 Å². The number of hydrogen-bond donors (Lipinski definition) is 2. The summed E-state index contributed by atoms with van der Waals surface area (Å²) >= 11 is 12.2. The lowest BCUT2D eigenvalue weighted by atomic mass is 10.1. The van der Waals surface area contributed by atoms with E-state index in [2.05, 4.69) is 26.3 Å². The number of hydrogen-bond acceptors (Lipinski definition) is 3. The van der Waals surface area contributed by atoms with Crippen LogP contribution in [-0.2, 0) is 13.1 Å². The summed E-state index contributed by atoms with van der Waals surface area (Å²) in [5, 5.41) is 6.88. The van der Waals surface area contributed by atoms with Crippen molar-refractivity contribution in [3.63, 3.8) is 0 Å². The Morgan fingerprint density at radius 3 is 2.91 bits per heavy atom. The number of H-pyrrole nitrogens is 1. The Hall–Kier alpha value is -3.35. The minimum Gasteiger partial charge on any atom is -0.367 e. The molecular formula is C25H19Cl2FN4O. The molecule has 1 aliphatic heterocycles. The molecule has 33 heavy (non-hydrogen) atoms. The Balaban J connectivity index is 1.28. The molecule has 1 aliphatic rings. The normalized spacial score (nSPS) is 12.8. The number of fused-ring (bicyclic) bond motifs is 2. The third-order valence-corrected chi connectivity index (χ3v) is 6.15. The molecule has 166 valence electrons. The molecule has 2 aromatic carbocycles. The molecule has 0 atom stereocenters. The van der Waals surface area contributed by atoms with Crippen LogP contribution in [-0.4, -0.2) is 27.3 Å². The summed E-state index contributed by atoms with van der Waals surface area (Å²) in [5.41, 5.74) is 2.19. The maximum absolute atomic E-state index is 14.4. The third-order valence-electron chi connectivity index (χ3n) is 5.60. The van der Waals surface area contributed by atoms with Gasteiger partial charge in [-0.3, -0.25) is 9.78 Å². The van der Waals surface area contributed by atoms with Crippen molar-refractivity contribution in [2.45, 2.75) is 13.1 Å². The average Bonchev–Trinajstić information content (AvgIpc) is 3.16. The highest BCUT2D eigenvalue weighted by Gasteiger charge is 2.13. The summed E-state index contributed by atoms with van der Waals surface area (Å²) in [5.74, 6) is -0.710. The number of nitrogens with zero attached hydrogens (tertiary/aromatic N) is 2. The molecule has 5 rings (SSSR count). The zero-order valence-electron chi connectivity index (χ0n) is 17.4. The first-order chi connectivity index (χ1) is 16.0. The predicted octanol–water partition coefficient (Wildman–Crippen LogP) is 3.97. The molecular weight excluding hydrogens is 462 g/mol. The van der Waals surface area contributed by atoms with Crippen molar-refractivity contribution in [3.8, 4) is 0 Å². The minimum atomic E-state index is -0.408. The van der Waals surface area contributed by atoms with Gasteiger partial charge < -0.3 is 15.2 Å². The van der Waals surface area contributed by atoms with Gasteiger partial charge >= 0.3 is 0 Å². The molecule has 4 aromatic rings. The highest BCUT2D eigenvalue weighted by Crippen LogP contribution is 2.25. The Kier molecular flexibility index (Phi) is 5.79. The van der Waals surface area contributed by atoms with Gasteiger partial charge in [-0.2, -0.15) is 0 Å². The maximum atomic E-state index is 14.4. The van der Waals surface area contributed by atoms with Crippen LogP contribution in [0.4, 0.5) is 4.39 Å². The average molecular weight is 481 g/mol. The molecule has 2 N–H and O–H groups in total. The van der Waals surface area contributed by atoms with Crippen LogP contribution in [0, 0.1) is 5.82 Å². The molecule has 0 bridgehead atoms. The van der Waals surface area contributed by atoms with Gasteiger partial charge in [-0.1, -0.05) is 35.3 Å². The Bertz CT molecular complexity index is 1500. The Morgan fingerprint density at radius 1 is 1.15 bits per heavy atom. The van der Waals surface area contributed by atoms with Gasteiger partial charge in [0.1, 0.15) is 5.82 Å². The van der Waals surface area contributed by atoms with E-state index < -0.39 is 5.82 Å². The fraction of sp³-hybridized carbons (Fsp3) is 0.120. The highest BCUT2D eigenvalue weighted by atomic mass is 35.5. The van der Waals surface area contributed by atoms with Gasteiger partial charge in [0, 0.05) is 58.7 Å². The minimum absolute atomic E-state index is 0.0478. The van der Waals surface area contributed by atoms with Crippen LogP contribution in [0.15, 0.2) is 54.9 Å². The first kappa shape index (κ1) is 21.5. The van der Waals surface area contributed by atoms with Crippen molar-refractivity contribution < 1.29 is 9.18 Å². The SMILES string of the molecule is O=C(NCc1cc2c(Cl)c[nH]c2cc1F)c1ccnc(CN2C=c3cc(Cl)ccc3=CC2)c1. The van der Waals surface area contributed by atoms with Crippen molar-refractivity contribution in [3.05, 3.63) is 98.0 Å². The van der Waals surface area contributed by atoms with E-state index in [1.54, 1.807) is 30.6 Å². The predicted molar refractivity (Wildman–Crippen MR) is 129 cm³/mol. The monoisotopic (exact) mass is 480 g/mol. The lowest BCUT2D eigenvalue weighted by molar-refractivity contribution is 0.0950. The molecule has 3 heterocycles.